The van der Waals surface area contributed by atoms with Crippen LogP contribution in [0.25, 0.3) is 22.3 Å². The van der Waals surface area contributed by atoms with Crippen LogP contribution in [0.2, 0.25) is 0 Å². The van der Waals surface area contributed by atoms with Gasteiger partial charge in [-0.15, -0.1) is 0 Å². The van der Waals surface area contributed by atoms with Gasteiger partial charge in [0.15, 0.2) is 0 Å². The molecule has 0 aliphatic rings. The second-order valence-corrected chi connectivity index (χ2v) is 15.0. The normalized spacial score (nSPS) is 12.9. The fraction of sp³-hybridized carbons (Fsp3) is 0.444. The molecule has 3 aromatic rings. The molecular weight excluding hydrogens is 496 g/mol. The molecule has 0 saturated carbocycles. The standard InChI is InChI=1S/C36H46O4/c1-33(2,3)21-13-15-23(27(19-21)35(7,8)9)24-17-18-26(31(37)38)29(30(24)32(39)40)25-16-14-22(34(4,5)6)20-28(25)36(10,11)12/h13-20H,1-12H3,(H,37,38)(H,39,40). The van der Waals surface area contributed by atoms with Crippen molar-refractivity contribution in [1.82, 2.24) is 0 Å². The van der Waals surface area contributed by atoms with E-state index in [0.717, 1.165) is 27.8 Å². The largest absolute Gasteiger partial charge is 0.478 e. The van der Waals surface area contributed by atoms with Crippen molar-refractivity contribution in [2.24, 2.45) is 0 Å². The van der Waals surface area contributed by atoms with Crippen LogP contribution in [0, 0.1) is 0 Å². The Bertz CT molecular complexity index is 1460. The van der Waals surface area contributed by atoms with Gasteiger partial charge in [0.05, 0.1) is 11.1 Å². The van der Waals surface area contributed by atoms with Gasteiger partial charge in [-0.2, -0.15) is 0 Å². The van der Waals surface area contributed by atoms with Crippen molar-refractivity contribution in [3.05, 3.63) is 81.9 Å². The summed E-state index contributed by atoms with van der Waals surface area (Å²) < 4.78 is 0. The van der Waals surface area contributed by atoms with E-state index < -0.39 is 11.9 Å². The Balaban J connectivity index is 2.56. The van der Waals surface area contributed by atoms with Crippen LogP contribution in [0.4, 0.5) is 0 Å². The average molecular weight is 543 g/mol. The molecule has 4 nitrogen and oxygen atoms in total. The summed E-state index contributed by atoms with van der Waals surface area (Å²) in [6.45, 7) is 25.5. The van der Waals surface area contributed by atoms with Crippen LogP contribution >= 0.6 is 0 Å². The Kier molecular flexibility index (Phi) is 7.95. The molecule has 4 heteroatoms. The van der Waals surface area contributed by atoms with Crippen LogP contribution in [0.3, 0.4) is 0 Å². The molecule has 0 spiro atoms. The lowest BCUT2D eigenvalue weighted by atomic mass is 9.74. The van der Waals surface area contributed by atoms with Crippen molar-refractivity contribution in [2.45, 2.75) is 105 Å². The van der Waals surface area contributed by atoms with Gasteiger partial charge in [-0.25, -0.2) is 9.59 Å². The average Bonchev–Trinajstić information content (AvgIpc) is 2.79. The van der Waals surface area contributed by atoms with Gasteiger partial charge >= 0.3 is 11.9 Å². The maximum absolute atomic E-state index is 13.1. The van der Waals surface area contributed by atoms with E-state index in [1.165, 1.54) is 0 Å². The van der Waals surface area contributed by atoms with Crippen LogP contribution in [0.1, 0.15) is 126 Å². The maximum atomic E-state index is 13.1. The summed E-state index contributed by atoms with van der Waals surface area (Å²) in [7, 11) is 0. The number of carboxylic acids is 2. The second-order valence-electron chi connectivity index (χ2n) is 15.0. The van der Waals surface area contributed by atoms with Crippen molar-refractivity contribution >= 4 is 11.9 Å². The molecule has 0 fully saturated rings. The first-order chi connectivity index (χ1) is 18.0. The Morgan fingerprint density at radius 3 is 1.27 bits per heavy atom. The third-order valence-electron chi connectivity index (χ3n) is 7.60. The first-order valence-corrected chi connectivity index (χ1v) is 14.0. The molecule has 0 heterocycles. The molecule has 0 atom stereocenters. The van der Waals surface area contributed by atoms with E-state index in [1.54, 1.807) is 12.1 Å². The summed E-state index contributed by atoms with van der Waals surface area (Å²) in [6, 6.07) is 15.5. The highest BCUT2D eigenvalue weighted by molar-refractivity contribution is 6.10. The number of hydrogen-bond donors (Lipinski definition) is 2. The lowest BCUT2D eigenvalue weighted by Gasteiger charge is -2.30. The monoisotopic (exact) mass is 542 g/mol. The summed E-state index contributed by atoms with van der Waals surface area (Å²) in [6.07, 6.45) is 0. The van der Waals surface area contributed by atoms with Crippen LogP contribution in [0.5, 0.6) is 0 Å². The third-order valence-corrected chi connectivity index (χ3v) is 7.60. The number of aromatic carboxylic acids is 2. The number of carbonyl (C=O) groups is 2. The Hall–Kier alpha value is -3.40. The van der Waals surface area contributed by atoms with Gasteiger partial charge in [-0.1, -0.05) is 126 Å². The first-order valence-electron chi connectivity index (χ1n) is 14.0. The molecule has 214 valence electrons. The highest BCUT2D eigenvalue weighted by atomic mass is 16.4. The number of benzene rings is 3. The van der Waals surface area contributed by atoms with E-state index in [1.807, 2.05) is 18.2 Å². The van der Waals surface area contributed by atoms with Gasteiger partial charge < -0.3 is 10.2 Å². The molecular formula is C36H46O4. The van der Waals surface area contributed by atoms with E-state index in [4.69, 9.17) is 0 Å². The van der Waals surface area contributed by atoms with Crippen molar-refractivity contribution in [3.63, 3.8) is 0 Å². The maximum Gasteiger partial charge on any atom is 0.336 e. The third kappa shape index (κ3) is 6.16. The molecule has 0 bridgehead atoms. The highest BCUT2D eigenvalue weighted by Crippen LogP contribution is 2.44. The SMILES string of the molecule is CC(C)(C)c1ccc(-c2ccc(C(=O)O)c(-c3ccc(C(C)(C)C)cc3C(C)(C)C)c2C(=O)O)c(C(C)(C)C)c1. The Morgan fingerprint density at radius 1 is 0.500 bits per heavy atom. The lowest BCUT2D eigenvalue weighted by Crippen LogP contribution is -2.20. The summed E-state index contributed by atoms with van der Waals surface area (Å²) in [4.78, 5) is 25.7. The minimum atomic E-state index is -1.15. The van der Waals surface area contributed by atoms with Gasteiger partial charge in [0.1, 0.15) is 0 Å². The van der Waals surface area contributed by atoms with Gasteiger partial charge in [0, 0.05) is 5.56 Å². The molecule has 40 heavy (non-hydrogen) atoms. The summed E-state index contributed by atoms with van der Waals surface area (Å²) in [5.74, 6) is -2.30. The zero-order chi connectivity index (χ0) is 30.6. The molecule has 3 rings (SSSR count). The molecule has 0 aromatic heterocycles. The van der Waals surface area contributed by atoms with Crippen molar-refractivity contribution < 1.29 is 19.8 Å². The van der Waals surface area contributed by atoms with E-state index in [0.29, 0.717) is 11.1 Å². The molecule has 0 saturated heterocycles. The predicted octanol–water partition coefficient (Wildman–Crippen LogP) is 9.61. The van der Waals surface area contributed by atoms with Gasteiger partial charge in [-0.05, 0) is 66.7 Å². The van der Waals surface area contributed by atoms with E-state index in [2.05, 4.69) is 101 Å². The van der Waals surface area contributed by atoms with Crippen LogP contribution < -0.4 is 0 Å². The van der Waals surface area contributed by atoms with Crippen LogP contribution in [0.15, 0.2) is 48.5 Å². The molecule has 0 aliphatic heterocycles. The topological polar surface area (TPSA) is 74.6 Å². The minimum absolute atomic E-state index is 0.0150. The summed E-state index contributed by atoms with van der Waals surface area (Å²) in [5.41, 5.74) is 5.60. The summed E-state index contributed by atoms with van der Waals surface area (Å²) in [5, 5.41) is 21.0. The molecule has 0 aliphatic carbocycles. The molecule has 0 amide bonds. The molecule has 2 N–H and O–H groups in total. The Labute approximate surface area is 240 Å². The summed E-state index contributed by atoms with van der Waals surface area (Å²) >= 11 is 0. The van der Waals surface area contributed by atoms with Crippen molar-refractivity contribution in [2.75, 3.05) is 0 Å². The number of rotatable bonds is 4. The van der Waals surface area contributed by atoms with Crippen LogP contribution in [-0.4, -0.2) is 22.2 Å². The fourth-order valence-corrected chi connectivity index (χ4v) is 5.22. The zero-order valence-electron chi connectivity index (χ0n) is 26.3. The zero-order valence-corrected chi connectivity index (χ0v) is 26.3. The van der Waals surface area contributed by atoms with E-state index >= 15 is 0 Å². The second kappa shape index (κ2) is 10.2. The molecule has 3 aromatic carbocycles. The highest BCUT2D eigenvalue weighted by Gasteiger charge is 2.31. The van der Waals surface area contributed by atoms with E-state index in [9.17, 15) is 19.8 Å². The number of carboxylic acid groups (broad SMARTS) is 2. The smallest absolute Gasteiger partial charge is 0.336 e. The predicted molar refractivity (Wildman–Crippen MR) is 166 cm³/mol. The lowest BCUT2D eigenvalue weighted by molar-refractivity contribution is 0.0696. The quantitative estimate of drug-likeness (QED) is 0.344. The van der Waals surface area contributed by atoms with Gasteiger partial charge in [0.2, 0.25) is 0 Å². The number of hydrogen-bond acceptors (Lipinski definition) is 2. The van der Waals surface area contributed by atoms with Crippen molar-refractivity contribution in [3.8, 4) is 22.3 Å². The fourth-order valence-electron chi connectivity index (χ4n) is 5.22. The Morgan fingerprint density at radius 2 is 0.900 bits per heavy atom. The van der Waals surface area contributed by atoms with Gasteiger partial charge in [-0.3, -0.25) is 0 Å². The molecule has 0 unspecified atom stereocenters. The molecule has 0 radical (unpaired) electrons. The van der Waals surface area contributed by atoms with E-state index in [-0.39, 0.29) is 38.4 Å². The first kappa shape index (κ1) is 31.1. The van der Waals surface area contributed by atoms with Gasteiger partial charge in [0.25, 0.3) is 0 Å². The van der Waals surface area contributed by atoms with Crippen molar-refractivity contribution in [1.29, 1.82) is 0 Å². The minimum Gasteiger partial charge on any atom is -0.478 e. The van der Waals surface area contributed by atoms with Crippen LogP contribution in [-0.2, 0) is 21.7 Å².